The van der Waals surface area contributed by atoms with Crippen LogP contribution in [0, 0.1) is 0 Å². The summed E-state index contributed by atoms with van der Waals surface area (Å²) in [6.07, 6.45) is 5.37. The Morgan fingerprint density at radius 2 is 2.00 bits per heavy atom. The summed E-state index contributed by atoms with van der Waals surface area (Å²) in [4.78, 5) is -2.12. The van der Waals surface area contributed by atoms with Gasteiger partial charge in [-0.3, -0.25) is 4.55 Å². The monoisotopic (exact) mass is 176 g/mol. The Hall–Kier alpha value is -0.650. The van der Waals surface area contributed by atoms with Crippen LogP contribution in [0.3, 0.4) is 0 Å². The van der Waals surface area contributed by atoms with E-state index in [9.17, 15) is 13.5 Å². The van der Waals surface area contributed by atoms with Gasteiger partial charge >= 0.3 is 0 Å². The first-order valence-corrected chi connectivity index (χ1v) is 4.43. The lowest BCUT2D eigenvalue weighted by Crippen LogP contribution is -2.36. The summed E-state index contributed by atoms with van der Waals surface area (Å²) in [6.45, 7) is 0. The molecule has 0 aliphatic heterocycles. The Labute approximate surface area is 64.6 Å². The van der Waals surface area contributed by atoms with E-state index in [4.69, 9.17) is 4.55 Å². The second-order valence-electron chi connectivity index (χ2n) is 2.31. The molecule has 4 nitrogen and oxygen atoms in total. The van der Waals surface area contributed by atoms with Crippen LogP contribution in [0.4, 0.5) is 0 Å². The van der Waals surface area contributed by atoms with Crippen molar-refractivity contribution in [3.05, 3.63) is 24.3 Å². The molecular weight excluding hydrogens is 168 g/mol. The van der Waals surface area contributed by atoms with Crippen molar-refractivity contribution in [1.29, 1.82) is 0 Å². The van der Waals surface area contributed by atoms with E-state index in [0.717, 1.165) is 6.08 Å². The molecule has 0 saturated heterocycles. The molecule has 0 aromatic rings. The Bertz CT molecular complexity index is 301. The van der Waals surface area contributed by atoms with Crippen LogP contribution < -0.4 is 0 Å². The van der Waals surface area contributed by atoms with Crippen molar-refractivity contribution in [2.24, 2.45) is 0 Å². The minimum absolute atomic E-state index is 0.109. The van der Waals surface area contributed by atoms with Crippen molar-refractivity contribution >= 4 is 10.1 Å². The zero-order valence-electron chi connectivity index (χ0n) is 5.64. The highest BCUT2D eigenvalue weighted by Crippen LogP contribution is 2.22. The van der Waals surface area contributed by atoms with Gasteiger partial charge in [0.15, 0.2) is 0 Å². The molecule has 0 aromatic heterocycles. The Morgan fingerprint density at radius 1 is 1.36 bits per heavy atom. The Kier molecular flexibility index (Phi) is 1.87. The van der Waals surface area contributed by atoms with Gasteiger partial charge in [0.1, 0.15) is 0 Å². The molecule has 0 fully saturated rings. The van der Waals surface area contributed by atoms with Crippen LogP contribution in [0.5, 0.6) is 0 Å². The fraction of sp³-hybridized carbons (Fsp3) is 0.333. The molecule has 1 atom stereocenters. The summed E-state index contributed by atoms with van der Waals surface area (Å²) in [5.74, 6) is 0. The Morgan fingerprint density at radius 3 is 2.27 bits per heavy atom. The third-order valence-electron chi connectivity index (χ3n) is 1.46. The van der Waals surface area contributed by atoms with E-state index in [1.807, 2.05) is 0 Å². The second kappa shape index (κ2) is 2.44. The van der Waals surface area contributed by atoms with E-state index >= 15 is 0 Å². The molecule has 0 radical (unpaired) electrons. The van der Waals surface area contributed by atoms with E-state index in [1.54, 1.807) is 6.08 Å². The predicted molar refractivity (Wildman–Crippen MR) is 39.4 cm³/mol. The van der Waals surface area contributed by atoms with Gasteiger partial charge in [-0.25, -0.2) is 0 Å². The van der Waals surface area contributed by atoms with Crippen molar-refractivity contribution < 1.29 is 18.1 Å². The topological polar surface area (TPSA) is 74.6 Å². The summed E-state index contributed by atoms with van der Waals surface area (Å²) in [7, 11) is -4.41. The molecule has 1 rings (SSSR count). The van der Waals surface area contributed by atoms with Gasteiger partial charge in [0.05, 0.1) is 0 Å². The maximum atomic E-state index is 10.5. The Balaban J connectivity index is 3.04. The molecule has 1 unspecified atom stereocenters. The molecule has 0 spiro atoms. The first-order valence-electron chi connectivity index (χ1n) is 2.99. The summed E-state index contributed by atoms with van der Waals surface area (Å²) in [6, 6.07) is 0. The molecule has 11 heavy (non-hydrogen) atoms. The van der Waals surface area contributed by atoms with Crippen LogP contribution in [0.1, 0.15) is 6.42 Å². The van der Waals surface area contributed by atoms with E-state index in [2.05, 4.69) is 0 Å². The molecular formula is C6H8O4S. The van der Waals surface area contributed by atoms with Gasteiger partial charge in [-0.05, 0) is 6.08 Å². The molecule has 0 aromatic carbocycles. The lowest BCUT2D eigenvalue weighted by molar-refractivity contribution is 0.163. The third kappa shape index (κ3) is 1.50. The standard InChI is InChI=1S/C6H8O4S/c7-6(11(8,9)10)4-2-1-3-5-6/h1-4,7H,5H2,(H,8,9,10). The minimum Gasteiger partial charge on any atom is -0.369 e. The highest BCUT2D eigenvalue weighted by atomic mass is 32.2. The number of aliphatic hydroxyl groups is 1. The number of hydrogen-bond acceptors (Lipinski definition) is 3. The first kappa shape index (κ1) is 8.45. The minimum atomic E-state index is -4.41. The van der Waals surface area contributed by atoms with Crippen LogP contribution in [-0.2, 0) is 10.1 Å². The maximum absolute atomic E-state index is 10.5. The lowest BCUT2D eigenvalue weighted by atomic mass is 10.1. The molecule has 0 bridgehead atoms. The zero-order chi connectivity index (χ0) is 8.54. The fourth-order valence-corrected chi connectivity index (χ4v) is 1.34. The molecule has 0 amide bonds. The molecule has 62 valence electrons. The van der Waals surface area contributed by atoms with Crippen LogP contribution in [-0.4, -0.2) is 23.0 Å². The number of allylic oxidation sites excluding steroid dienone is 2. The van der Waals surface area contributed by atoms with Gasteiger partial charge in [0.2, 0.25) is 4.93 Å². The van der Waals surface area contributed by atoms with Gasteiger partial charge in [-0.2, -0.15) is 8.42 Å². The fourth-order valence-electron chi connectivity index (χ4n) is 0.781. The van der Waals surface area contributed by atoms with E-state index in [-0.39, 0.29) is 6.42 Å². The molecule has 1 aliphatic rings. The smallest absolute Gasteiger partial charge is 0.299 e. The molecule has 0 heterocycles. The normalized spacial score (nSPS) is 30.7. The average Bonchev–Trinajstić information content (AvgIpc) is 1.87. The zero-order valence-corrected chi connectivity index (χ0v) is 6.45. The van der Waals surface area contributed by atoms with Crippen molar-refractivity contribution in [3.63, 3.8) is 0 Å². The van der Waals surface area contributed by atoms with E-state index in [1.165, 1.54) is 12.2 Å². The lowest BCUT2D eigenvalue weighted by Gasteiger charge is -2.20. The van der Waals surface area contributed by atoms with E-state index < -0.39 is 15.1 Å². The number of rotatable bonds is 1. The number of hydrogen-bond donors (Lipinski definition) is 2. The van der Waals surface area contributed by atoms with Crippen LogP contribution in [0.2, 0.25) is 0 Å². The predicted octanol–water partition coefficient (Wildman–Crippen LogP) is 0.0789. The maximum Gasteiger partial charge on any atom is 0.299 e. The van der Waals surface area contributed by atoms with Crippen LogP contribution >= 0.6 is 0 Å². The quantitative estimate of drug-likeness (QED) is 0.555. The van der Waals surface area contributed by atoms with Gasteiger partial charge in [-0.15, -0.1) is 0 Å². The molecule has 5 heteroatoms. The average molecular weight is 176 g/mol. The summed E-state index contributed by atoms with van der Waals surface area (Å²) in [5.41, 5.74) is 0. The van der Waals surface area contributed by atoms with E-state index in [0.29, 0.717) is 0 Å². The van der Waals surface area contributed by atoms with Crippen LogP contribution in [0.15, 0.2) is 24.3 Å². The van der Waals surface area contributed by atoms with Crippen molar-refractivity contribution in [1.82, 2.24) is 0 Å². The summed E-state index contributed by atoms with van der Waals surface area (Å²) < 4.78 is 29.6. The van der Waals surface area contributed by atoms with Gasteiger partial charge in [-0.1, -0.05) is 18.2 Å². The highest BCUT2D eigenvalue weighted by Gasteiger charge is 2.37. The summed E-state index contributed by atoms with van der Waals surface area (Å²) >= 11 is 0. The SMILES string of the molecule is O=S(=O)(O)C1(O)C=CC=CC1. The largest absolute Gasteiger partial charge is 0.369 e. The van der Waals surface area contributed by atoms with Gasteiger partial charge in [0, 0.05) is 6.42 Å². The van der Waals surface area contributed by atoms with Crippen molar-refractivity contribution in [2.75, 3.05) is 0 Å². The van der Waals surface area contributed by atoms with Crippen molar-refractivity contribution in [3.8, 4) is 0 Å². The molecule has 0 saturated carbocycles. The van der Waals surface area contributed by atoms with Crippen molar-refractivity contribution in [2.45, 2.75) is 11.4 Å². The molecule has 1 aliphatic carbocycles. The molecule has 2 N–H and O–H groups in total. The third-order valence-corrected chi connectivity index (χ3v) is 2.66. The first-order chi connectivity index (χ1) is 4.96. The van der Waals surface area contributed by atoms with Gasteiger partial charge < -0.3 is 5.11 Å². The highest BCUT2D eigenvalue weighted by molar-refractivity contribution is 7.87. The second-order valence-corrected chi connectivity index (χ2v) is 3.97. The summed E-state index contributed by atoms with van der Waals surface area (Å²) in [5, 5.41) is 9.23. The van der Waals surface area contributed by atoms with Crippen LogP contribution in [0.25, 0.3) is 0 Å². The van der Waals surface area contributed by atoms with Gasteiger partial charge in [0.25, 0.3) is 10.1 Å².